The Labute approximate surface area is 117 Å². The minimum Gasteiger partial charge on any atom is -0.493 e. The van der Waals surface area contributed by atoms with Crippen molar-refractivity contribution in [3.63, 3.8) is 0 Å². The van der Waals surface area contributed by atoms with Crippen molar-refractivity contribution in [1.29, 1.82) is 0 Å². The molecule has 1 aliphatic rings. The molecule has 0 aliphatic carbocycles. The van der Waals surface area contributed by atoms with Crippen LogP contribution in [-0.2, 0) is 9.53 Å². The van der Waals surface area contributed by atoms with Crippen LogP contribution in [0.1, 0.15) is 12.8 Å². The van der Waals surface area contributed by atoms with Gasteiger partial charge in [0.2, 0.25) is 0 Å². The zero-order valence-electron chi connectivity index (χ0n) is 10.5. The molecule has 1 aliphatic heterocycles. The summed E-state index contributed by atoms with van der Waals surface area (Å²) in [5, 5.41) is 9.89. The molecule has 0 saturated carbocycles. The van der Waals surface area contributed by atoms with E-state index >= 15 is 0 Å². The Kier molecular flexibility index (Phi) is 5.05. The summed E-state index contributed by atoms with van der Waals surface area (Å²) in [6, 6.07) is 6.99. The molecular weight excluding hydrogens is 268 g/mol. The molecule has 0 radical (unpaired) electrons. The Morgan fingerprint density at radius 3 is 2.84 bits per heavy atom. The summed E-state index contributed by atoms with van der Waals surface area (Å²) in [5.74, 6) is -0.590. The lowest BCUT2D eigenvalue weighted by Gasteiger charge is -2.27. The Hall–Kier alpha value is -1.26. The second kappa shape index (κ2) is 6.78. The number of carboxylic acid groups (broad SMARTS) is 1. The van der Waals surface area contributed by atoms with Crippen molar-refractivity contribution >= 4 is 17.6 Å². The van der Waals surface area contributed by atoms with Gasteiger partial charge in [0.05, 0.1) is 5.92 Å². The molecule has 0 spiro atoms. The summed E-state index contributed by atoms with van der Waals surface area (Å²) in [6.07, 6.45) is 1.55. The van der Waals surface area contributed by atoms with E-state index in [-0.39, 0.29) is 12.5 Å². The predicted octanol–water partition coefficient (Wildman–Crippen LogP) is 2.85. The van der Waals surface area contributed by atoms with Gasteiger partial charge >= 0.3 is 5.97 Å². The molecule has 1 N–H and O–H groups in total. The van der Waals surface area contributed by atoms with Crippen molar-refractivity contribution < 1.29 is 19.4 Å². The fraction of sp³-hybridized carbons (Fsp3) is 0.500. The van der Waals surface area contributed by atoms with Crippen molar-refractivity contribution in [3.8, 4) is 5.75 Å². The van der Waals surface area contributed by atoms with Crippen molar-refractivity contribution in [3.05, 3.63) is 29.3 Å². The highest BCUT2D eigenvalue weighted by Gasteiger charge is 2.30. The molecule has 0 amide bonds. The second-order valence-electron chi connectivity index (χ2n) is 4.66. The van der Waals surface area contributed by atoms with Crippen LogP contribution in [-0.4, -0.2) is 30.9 Å². The molecular formula is C14H17ClO4. The first-order chi connectivity index (χ1) is 9.16. The number of hydrogen-bond acceptors (Lipinski definition) is 3. The first-order valence-electron chi connectivity index (χ1n) is 6.35. The number of benzene rings is 1. The molecule has 1 atom stereocenters. The van der Waals surface area contributed by atoms with Crippen molar-refractivity contribution in [2.24, 2.45) is 11.8 Å². The second-order valence-corrected chi connectivity index (χ2v) is 5.10. The Balaban J connectivity index is 1.95. The van der Waals surface area contributed by atoms with Crippen LogP contribution in [0.15, 0.2) is 24.3 Å². The van der Waals surface area contributed by atoms with Crippen molar-refractivity contribution in [2.45, 2.75) is 12.8 Å². The van der Waals surface area contributed by atoms with Crippen LogP contribution < -0.4 is 4.74 Å². The topological polar surface area (TPSA) is 55.8 Å². The maximum absolute atomic E-state index is 11.3. The molecule has 1 fully saturated rings. The summed E-state index contributed by atoms with van der Waals surface area (Å²) in [7, 11) is 0. The van der Waals surface area contributed by atoms with E-state index < -0.39 is 11.9 Å². The molecule has 0 aromatic heterocycles. The summed E-state index contributed by atoms with van der Waals surface area (Å²) < 4.78 is 10.8. The average molecular weight is 285 g/mol. The van der Waals surface area contributed by atoms with Crippen LogP contribution in [0.5, 0.6) is 5.75 Å². The lowest BCUT2D eigenvalue weighted by molar-refractivity contribution is -0.146. The van der Waals surface area contributed by atoms with Gasteiger partial charge in [0.25, 0.3) is 0 Å². The van der Waals surface area contributed by atoms with Crippen LogP contribution in [0, 0.1) is 11.8 Å². The third kappa shape index (κ3) is 4.11. The minimum atomic E-state index is -0.811. The average Bonchev–Trinajstić information content (AvgIpc) is 2.40. The number of rotatable bonds is 5. The molecule has 4 nitrogen and oxygen atoms in total. The lowest BCUT2D eigenvalue weighted by atomic mass is 9.86. The van der Waals surface area contributed by atoms with Gasteiger partial charge in [-0.15, -0.1) is 0 Å². The van der Waals surface area contributed by atoms with E-state index in [1.165, 1.54) is 0 Å². The summed E-state index contributed by atoms with van der Waals surface area (Å²) in [4.78, 5) is 11.3. The van der Waals surface area contributed by atoms with Crippen LogP contribution in [0.25, 0.3) is 0 Å². The Morgan fingerprint density at radius 1 is 1.47 bits per heavy atom. The molecule has 104 valence electrons. The highest BCUT2D eigenvalue weighted by Crippen LogP contribution is 2.26. The third-order valence-corrected chi connectivity index (χ3v) is 3.61. The van der Waals surface area contributed by atoms with Gasteiger partial charge in [0.1, 0.15) is 12.4 Å². The highest BCUT2D eigenvalue weighted by molar-refractivity contribution is 6.30. The van der Waals surface area contributed by atoms with E-state index in [1.54, 1.807) is 24.3 Å². The van der Waals surface area contributed by atoms with Crippen molar-refractivity contribution in [1.82, 2.24) is 0 Å². The normalized spacial score (nSPS) is 17.9. The monoisotopic (exact) mass is 284 g/mol. The number of carboxylic acids is 1. The first kappa shape index (κ1) is 14.2. The third-order valence-electron chi connectivity index (χ3n) is 3.38. The van der Waals surface area contributed by atoms with Gasteiger partial charge in [-0.2, -0.15) is 0 Å². The molecule has 5 heteroatoms. The van der Waals surface area contributed by atoms with Crippen molar-refractivity contribution in [2.75, 3.05) is 19.8 Å². The van der Waals surface area contributed by atoms with Gasteiger partial charge < -0.3 is 14.6 Å². The Morgan fingerprint density at radius 2 is 2.21 bits per heavy atom. The summed E-state index contributed by atoms with van der Waals surface area (Å²) in [6.45, 7) is 1.43. The number of hydrogen-bond donors (Lipinski definition) is 1. The first-order valence-corrected chi connectivity index (χ1v) is 6.73. The van der Waals surface area contributed by atoms with E-state index in [1.807, 2.05) is 0 Å². The molecule has 2 rings (SSSR count). The maximum Gasteiger partial charge on any atom is 0.310 e. The summed E-state index contributed by atoms with van der Waals surface area (Å²) in [5.41, 5.74) is 0. The van der Waals surface area contributed by atoms with E-state index in [2.05, 4.69) is 0 Å². The van der Waals surface area contributed by atoms with Crippen LogP contribution in [0.2, 0.25) is 5.02 Å². The fourth-order valence-corrected chi connectivity index (χ4v) is 2.45. The Bertz CT molecular complexity index is 429. The molecule has 1 aromatic rings. The van der Waals surface area contributed by atoms with Gasteiger partial charge in [-0.3, -0.25) is 4.79 Å². The fourth-order valence-electron chi connectivity index (χ4n) is 2.27. The minimum absolute atomic E-state index is 0.116. The molecule has 1 heterocycles. The zero-order chi connectivity index (χ0) is 13.7. The molecule has 1 saturated heterocycles. The van der Waals surface area contributed by atoms with E-state index in [9.17, 15) is 9.90 Å². The number of ether oxygens (including phenoxy) is 2. The van der Waals surface area contributed by atoms with Gasteiger partial charge in [-0.25, -0.2) is 0 Å². The van der Waals surface area contributed by atoms with Crippen LogP contribution in [0.4, 0.5) is 0 Å². The van der Waals surface area contributed by atoms with E-state index in [0.717, 1.165) is 12.8 Å². The van der Waals surface area contributed by atoms with Gasteiger partial charge in [-0.1, -0.05) is 17.7 Å². The molecule has 1 aromatic carbocycles. The molecule has 0 bridgehead atoms. The van der Waals surface area contributed by atoms with Crippen LogP contribution >= 0.6 is 11.6 Å². The number of aliphatic carboxylic acids is 1. The number of carbonyl (C=O) groups is 1. The molecule has 1 unspecified atom stereocenters. The SMILES string of the molecule is O=C(O)C(COc1cccc(Cl)c1)C1CCOCC1. The maximum atomic E-state index is 11.3. The van der Waals surface area contributed by atoms with Gasteiger partial charge in [0.15, 0.2) is 0 Å². The standard InChI is InChI=1S/C14H17ClO4/c15-11-2-1-3-12(8-11)19-9-13(14(16)17)10-4-6-18-7-5-10/h1-3,8,10,13H,4-7,9H2,(H,16,17). The van der Waals surface area contributed by atoms with Crippen LogP contribution in [0.3, 0.4) is 0 Å². The zero-order valence-corrected chi connectivity index (χ0v) is 11.3. The van der Waals surface area contributed by atoms with Gasteiger partial charge in [0, 0.05) is 18.2 Å². The molecule has 19 heavy (non-hydrogen) atoms. The summed E-state index contributed by atoms with van der Waals surface area (Å²) >= 11 is 5.86. The predicted molar refractivity (Wildman–Crippen MR) is 71.6 cm³/mol. The van der Waals surface area contributed by atoms with E-state index in [0.29, 0.717) is 24.0 Å². The lowest BCUT2D eigenvalue weighted by Crippen LogP contribution is -2.33. The van der Waals surface area contributed by atoms with E-state index in [4.69, 9.17) is 21.1 Å². The smallest absolute Gasteiger partial charge is 0.310 e. The quantitative estimate of drug-likeness (QED) is 0.903. The largest absolute Gasteiger partial charge is 0.493 e. The number of halogens is 1. The highest BCUT2D eigenvalue weighted by atomic mass is 35.5. The van der Waals surface area contributed by atoms with Gasteiger partial charge in [-0.05, 0) is 37.0 Å².